The molecular formula is C10H12O3. The van der Waals surface area contributed by atoms with E-state index in [0.717, 1.165) is 18.6 Å². The molecule has 0 spiro atoms. The molecule has 70 valence electrons. The summed E-state index contributed by atoms with van der Waals surface area (Å²) in [5.74, 6) is 0.593. The van der Waals surface area contributed by atoms with Crippen LogP contribution in [-0.2, 0) is 14.9 Å². The molecule has 1 fully saturated rings. The van der Waals surface area contributed by atoms with E-state index in [0.29, 0.717) is 6.61 Å². The average molecular weight is 180 g/mol. The summed E-state index contributed by atoms with van der Waals surface area (Å²) in [4.78, 5) is 11.5. The summed E-state index contributed by atoms with van der Waals surface area (Å²) in [5.41, 5.74) is -0.445. The molecule has 1 heterocycles. The second-order valence-corrected chi connectivity index (χ2v) is 3.28. The van der Waals surface area contributed by atoms with Gasteiger partial charge in [-0.15, -0.1) is 0 Å². The van der Waals surface area contributed by atoms with Crippen molar-refractivity contribution in [2.45, 2.75) is 25.2 Å². The minimum absolute atomic E-state index is 0.148. The van der Waals surface area contributed by atoms with Gasteiger partial charge < -0.3 is 9.15 Å². The Labute approximate surface area is 76.7 Å². The van der Waals surface area contributed by atoms with Crippen LogP contribution in [0.15, 0.2) is 22.8 Å². The number of hydrogen-bond acceptors (Lipinski definition) is 3. The fourth-order valence-electron chi connectivity index (χ4n) is 1.50. The molecule has 1 aliphatic carbocycles. The second-order valence-electron chi connectivity index (χ2n) is 3.28. The molecule has 0 saturated heterocycles. The maximum absolute atomic E-state index is 11.5. The highest BCUT2D eigenvalue weighted by Crippen LogP contribution is 2.49. The predicted molar refractivity (Wildman–Crippen MR) is 46.3 cm³/mol. The van der Waals surface area contributed by atoms with Gasteiger partial charge in [0.05, 0.1) is 12.9 Å². The van der Waals surface area contributed by atoms with E-state index in [1.807, 2.05) is 13.0 Å². The van der Waals surface area contributed by atoms with Gasteiger partial charge in [-0.1, -0.05) is 0 Å². The molecular weight excluding hydrogens is 168 g/mol. The van der Waals surface area contributed by atoms with E-state index in [4.69, 9.17) is 9.15 Å². The highest BCUT2D eigenvalue weighted by molar-refractivity contribution is 5.85. The highest BCUT2D eigenvalue weighted by Gasteiger charge is 2.55. The third-order valence-corrected chi connectivity index (χ3v) is 2.41. The summed E-state index contributed by atoms with van der Waals surface area (Å²) in [6.45, 7) is 2.25. The van der Waals surface area contributed by atoms with Gasteiger partial charge in [-0.2, -0.15) is 0 Å². The van der Waals surface area contributed by atoms with Gasteiger partial charge in [0.15, 0.2) is 0 Å². The zero-order valence-corrected chi connectivity index (χ0v) is 7.58. The number of ether oxygens (including phenoxy) is 1. The molecule has 0 aliphatic heterocycles. The van der Waals surface area contributed by atoms with Gasteiger partial charge in [0.25, 0.3) is 0 Å². The number of esters is 1. The Bertz CT molecular complexity index is 296. The number of furan rings is 1. The van der Waals surface area contributed by atoms with Crippen molar-refractivity contribution in [1.82, 2.24) is 0 Å². The summed E-state index contributed by atoms with van der Waals surface area (Å²) in [5, 5.41) is 0. The molecule has 0 bridgehead atoms. The quantitative estimate of drug-likeness (QED) is 0.666. The standard InChI is InChI=1S/C10H12O3/c1-2-12-9(11)10(5-6-10)8-4-3-7-13-8/h3-4,7H,2,5-6H2,1H3. The fraction of sp³-hybridized carbons (Fsp3) is 0.500. The van der Waals surface area contributed by atoms with Crippen molar-refractivity contribution in [3.05, 3.63) is 24.2 Å². The number of carbonyl (C=O) groups excluding carboxylic acids is 1. The molecule has 1 aliphatic rings. The number of carbonyl (C=O) groups is 1. The molecule has 1 saturated carbocycles. The van der Waals surface area contributed by atoms with Crippen molar-refractivity contribution in [3.8, 4) is 0 Å². The molecule has 0 aromatic carbocycles. The van der Waals surface area contributed by atoms with Crippen LogP contribution in [0.1, 0.15) is 25.5 Å². The van der Waals surface area contributed by atoms with Gasteiger partial charge in [-0.3, -0.25) is 4.79 Å². The first kappa shape index (κ1) is 8.35. The topological polar surface area (TPSA) is 39.4 Å². The van der Waals surface area contributed by atoms with E-state index < -0.39 is 5.41 Å². The van der Waals surface area contributed by atoms with Crippen LogP contribution >= 0.6 is 0 Å². The fourth-order valence-corrected chi connectivity index (χ4v) is 1.50. The third kappa shape index (κ3) is 1.24. The van der Waals surface area contributed by atoms with E-state index in [1.165, 1.54) is 0 Å². The molecule has 1 aromatic rings. The largest absolute Gasteiger partial charge is 0.468 e. The van der Waals surface area contributed by atoms with Crippen LogP contribution in [0.4, 0.5) is 0 Å². The Kier molecular flexibility index (Phi) is 1.87. The van der Waals surface area contributed by atoms with Gasteiger partial charge in [-0.25, -0.2) is 0 Å². The molecule has 1 aromatic heterocycles. The summed E-state index contributed by atoms with van der Waals surface area (Å²) in [7, 11) is 0. The van der Waals surface area contributed by atoms with Crippen molar-refractivity contribution in [2.24, 2.45) is 0 Å². The highest BCUT2D eigenvalue weighted by atomic mass is 16.5. The molecule has 0 unspecified atom stereocenters. The van der Waals surface area contributed by atoms with Crippen molar-refractivity contribution < 1.29 is 13.9 Å². The lowest BCUT2D eigenvalue weighted by atomic mass is 10.0. The van der Waals surface area contributed by atoms with Crippen LogP contribution < -0.4 is 0 Å². The van der Waals surface area contributed by atoms with Crippen molar-refractivity contribution >= 4 is 5.97 Å². The van der Waals surface area contributed by atoms with E-state index in [2.05, 4.69) is 0 Å². The predicted octanol–water partition coefficient (Wildman–Crippen LogP) is 1.87. The summed E-state index contributed by atoms with van der Waals surface area (Å²) < 4.78 is 10.2. The van der Waals surface area contributed by atoms with E-state index in [9.17, 15) is 4.79 Å². The van der Waals surface area contributed by atoms with E-state index in [1.54, 1.807) is 12.3 Å². The van der Waals surface area contributed by atoms with Crippen LogP contribution in [0.2, 0.25) is 0 Å². The Balaban J connectivity index is 2.17. The van der Waals surface area contributed by atoms with Gasteiger partial charge in [0.2, 0.25) is 0 Å². The second kappa shape index (κ2) is 2.91. The number of hydrogen-bond donors (Lipinski definition) is 0. The zero-order valence-electron chi connectivity index (χ0n) is 7.58. The minimum atomic E-state index is -0.445. The lowest BCUT2D eigenvalue weighted by Crippen LogP contribution is -2.22. The normalized spacial score (nSPS) is 18.2. The monoisotopic (exact) mass is 180 g/mol. The lowest BCUT2D eigenvalue weighted by Gasteiger charge is -2.09. The maximum atomic E-state index is 11.5. The summed E-state index contributed by atoms with van der Waals surface area (Å²) >= 11 is 0. The first-order valence-corrected chi connectivity index (χ1v) is 4.51. The summed E-state index contributed by atoms with van der Waals surface area (Å²) in [6.07, 6.45) is 3.29. The molecule has 0 N–H and O–H groups in total. The smallest absolute Gasteiger partial charge is 0.319 e. The van der Waals surface area contributed by atoms with Crippen LogP contribution in [0.25, 0.3) is 0 Å². The molecule has 2 rings (SSSR count). The van der Waals surface area contributed by atoms with Crippen LogP contribution in [0.5, 0.6) is 0 Å². The first-order chi connectivity index (χ1) is 6.29. The van der Waals surface area contributed by atoms with E-state index >= 15 is 0 Å². The molecule has 3 heteroatoms. The van der Waals surface area contributed by atoms with Gasteiger partial charge in [0, 0.05) is 0 Å². The molecule has 3 nitrogen and oxygen atoms in total. The van der Waals surface area contributed by atoms with Crippen molar-refractivity contribution in [1.29, 1.82) is 0 Å². The van der Waals surface area contributed by atoms with Gasteiger partial charge >= 0.3 is 5.97 Å². The molecule has 0 radical (unpaired) electrons. The molecule has 0 atom stereocenters. The van der Waals surface area contributed by atoms with Crippen LogP contribution in [0, 0.1) is 0 Å². The van der Waals surface area contributed by atoms with Gasteiger partial charge in [0.1, 0.15) is 11.2 Å². The first-order valence-electron chi connectivity index (χ1n) is 4.51. The lowest BCUT2D eigenvalue weighted by molar-refractivity contribution is -0.146. The Hall–Kier alpha value is -1.25. The zero-order chi connectivity index (χ0) is 9.31. The van der Waals surface area contributed by atoms with Crippen molar-refractivity contribution in [3.63, 3.8) is 0 Å². The van der Waals surface area contributed by atoms with Crippen LogP contribution in [0.3, 0.4) is 0 Å². The van der Waals surface area contributed by atoms with Crippen LogP contribution in [-0.4, -0.2) is 12.6 Å². The Morgan fingerprint density at radius 1 is 1.69 bits per heavy atom. The third-order valence-electron chi connectivity index (χ3n) is 2.41. The van der Waals surface area contributed by atoms with Crippen molar-refractivity contribution in [2.75, 3.05) is 6.61 Å². The summed E-state index contributed by atoms with van der Waals surface area (Å²) in [6, 6.07) is 3.64. The maximum Gasteiger partial charge on any atom is 0.319 e. The Morgan fingerprint density at radius 3 is 2.92 bits per heavy atom. The average Bonchev–Trinajstić information content (AvgIpc) is 2.76. The molecule has 13 heavy (non-hydrogen) atoms. The van der Waals surface area contributed by atoms with E-state index in [-0.39, 0.29) is 5.97 Å². The minimum Gasteiger partial charge on any atom is -0.468 e. The number of rotatable bonds is 3. The SMILES string of the molecule is CCOC(=O)C1(c2ccco2)CC1. The molecule has 0 amide bonds. The van der Waals surface area contributed by atoms with Gasteiger partial charge in [-0.05, 0) is 31.9 Å². The Morgan fingerprint density at radius 2 is 2.46 bits per heavy atom.